The number of rotatable bonds is 7. The first kappa shape index (κ1) is 18.6. The maximum Gasteiger partial charge on any atom is 0.276 e. The van der Waals surface area contributed by atoms with Crippen molar-refractivity contribution in [2.45, 2.75) is 25.2 Å². The van der Waals surface area contributed by atoms with Gasteiger partial charge in [-0.05, 0) is 43.2 Å². The molecule has 0 aliphatic rings. The van der Waals surface area contributed by atoms with Gasteiger partial charge in [0, 0.05) is 22.9 Å². The molecule has 6 nitrogen and oxygen atoms in total. The smallest absolute Gasteiger partial charge is 0.276 e. The molecule has 0 fully saturated rings. The summed E-state index contributed by atoms with van der Waals surface area (Å²) in [7, 11) is 0. The van der Waals surface area contributed by atoms with Crippen molar-refractivity contribution in [3.8, 4) is 17.2 Å². The molecule has 0 radical (unpaired) electrons. The fourth-order valence-electron chi connectivity index (χ4n) is 3.05. The zero-order valence-corrected chi connectivity index (χ0v) is 16.5. The molecule has 0 unspecified atom stereocenters. The molecule has 2 aromatic heterocycles. The summed E-state index contributed by atoms with van der Waals surface area (Å²) >= 11 is 1.31. The number of thioether (sulfide) groups is 1. The van der Waals surface area contributed by atoms with Crippen LogP contribution in [0.25, 0.3) is 22.4 Å². The Bertz CT molecular complexity index is 1070. The number of para-hydroxylation sites is 1. The van der Waals surface area contributed by atoms with Crippen LogP contribution in [0.15, 0.2) is 58.3 Å². The maximum absolute atomic E-state index is 10.2. The molecule has 2 N–H and O–H groups in total. The van der Waals surface area contributed by atoms with Crippen LogP contribution >= 0.6 is 11.8 Å². The van der Waals surface area contributed by atoms with Gasteiger partial charge in [-0.2, -0.15) is 0 Å². The summed E-state index contributed by atoms with van der Waals surface area (Å²) in [6, 6.07) is 13.9. The topological polar surface area (TPSA) is 84.2 Å². The Balaban J connectivity index is 1.34. The predicted octanol–water partition coefficient (Wildman–Crippen LogP) is 4.37. The monoisotopic (exact) mass is 395 g/mol. The molecule has 28 heavy (non-hydrogen) atoms. The number of hydrogen-bond acceptors (Lipinski definition) is 6. The van der Waals surface area contributed by atoms with E-state index in [1.165, 1.54) is 11.8 Å². The van der Waals surface area contributed by atoms with E-state index in [-0.39, 0.29) is 6.61 Å². The van der Waals surface area contributed by atoms with Crippen molar-refractivity contribution in [3.05, 3.63) is 59.8 Å². The largest absolute Gasteiger partial charge is 0.491 e. The highest BCUT2D eigenvalue weighted by molar-refractivity contribution is 7.99. The molecule has 0 saturated heterocycles. The fourth-order valence-corrected chi connectivity index (χ4v) is 3.72. The number of aromatic amines is 1. The van der Waals surface area contributed by atoms with Crippen LogP contribution in [0, 0.1) is 13.8 Å². The minimum atomic E-state index is -0.644. The summed E-state index contributed by atoms with van der Waals surface area (Å²) in [5, 5.41) is 19.9. The summed E-state index contributed by atoms with van der Waals surface area (Å²) < 4.78 is 11.4. The Kier molecular flexibility index (Phi) is 5.36. The van der Waals surface area contributed by atoms with Gasteiger partial charge < -0.3 is 19.2 Å². The molecular weight excluding hydrogens is 374 g/mol. The number of nitrogens with zero attached hydrogens (tertiary/aromatic N) is 2. The Hall–Kier alpha value is -2.77. The lowest BCUT2D eigenvalue weighted by atomic mass is 10.1. The Labute approximate surface area is 166 Å². The number of hydrogen-bond donors (Lipinski definition) is 2. The van der Waals surface area contributed by atoms with Crippen molar-refractivity contribution in [1.82, 2.24) is 15.2 Å². The van der Waals surface area contributed by atoms with Crippen LogP contribution in [0.1, 0.15) is 11.1 Å². The fraction of sp³-hybridized carbons (Fsp3) is 0.238. The molecule has 0 bridgehead atoms. The zero-order chi connectivity index (χ0) is 19.5. The molecule has 0 amide bonds. The molecule has 2 heterocycles. The summed E-state index contributed by atoms with van der Waals surface area (Å²) in [6.45, 7) is 4.25. The van der Waals surface area contributed by atoms with Crippen LogP contribution < -0.4 is 4.74 Å². The molecule has 0 saturated carbocycles. The Morgan fingerprint density at radius 2 is 1.93 bits per heavy atom. The minimum absolute atomic E-state index is 0.208. The van der Waals surface area contributed by atoms with Crippen molar-refractivity contribution in [3.63, 3.8) is 0 Å². The number of aryl methyl sites for hydroxylation is 2. The van der Waals surface area contributed by atoms with Gasteiger partial charge in [-0.3, -0.25) is 0 Å². The maximum atomic E-state index is 10.2. The molecule has 144 valence electrons. The van der Waals surface area contributed by atoms with E-state index < -0.39 is 6.10 Å². The highest BCUT2D eigenvalue weighted by atomic mass is 32.2. The first-order valence-corrected chi connectivity index (χ1v) is 9.99. The van der Waals surface area contributed by atoms with Crippen molar-refractivity contribution in [1.29, 1.82) is 0 Å². The predicted molar refractivity (Wildman–Crippen MR) is 110 cm³/mol. The molecule has 0 aliphatic heterocycles. The van der Waals surface area contributed by atoms with Gasteiger partial charge >= 0.3 is 0 Å². The summed E-state index contributed by atoms with van der Waals surface area (Å²) in [5.74, 6) is 1.63. The first-order valence-electron chi connectivity index (χ1n) is 9.00. The lowest BCUT2D eigenvalue weighted by molar-refractivity contribution is 0.126. The standard InChI is InChI=1S/C21H21N3O3S/c1-13-7-14(2)9-16(8-13)26-11-15(25)12-28-21-24-23-20(27-21)18-10-22-19-6-4-3-5-17(18)19/h3-10,15,22,25H,11-12H2,1-2H3/t15-/m1/s1. The third-order valence-electron chi connectivity index (χ3n) is 4.26. The van der Waals surface area contributed by atoms with Crippen LogP contribution in [-0.2, 0) is 0 Å². The van der Waals surface area contributed by atoms with Crippen molar-refractivity contribution in [2.75, 3.05) is 12.4 Å². The number of aliphatic hydroxyl groups excluding tert-OH is 1. The lowest BCUT2D eigenvalue weighted by Gasteiger charge is -2.12. The zero-order valence-electron chi connectivity index (χ0n) is 15.7. The van der Waals surface area contributed by atoms with Crippen molar-refractivity contribution < 1.29 is 14.3 Å². The molecule has 0 spiro atoms. The number of aromatic nitrogens is 3. The normalized spacial score (nSPS) is 12.4. The summed E-state index contributed by atoms with van der Waals surface area (Å²) in [6.07, 6.45) is 1.22. The third kappa shape index (κ3) is 4.21. The Morgan fingerprint density at radius 3 is 2.75 bits per heavy atom. The average molecular weight is 395 g/mol. The van der Waals surface area contributed by atoms with Gasteiger partial charge in [-0.1, -0.05) is 36.0 Å². The van der Waals surface area contributed by atoms with Crippen LogP contribution in [0.3, 0.4) is 0 Å². The van der Waals surface area contributed by atoms with Gasteiger partial charge in [-0.15, -0.1) is 10.2 Å². The van der Waals surface area contributed by atoms with Crippen LogP contribution in [-0.4, -0.2) is 38.8 Å². The average Bonchev–Trinajstić information content (AvgIpc) is 3.30. The first-order chi connectivity index (χ1) is 13.6. The summed E-state index contributed by atoms with van der Waals surface area (Å²) in [5.41, 5.74) is 4.15. The molecule has 2 aromatic carbocycles. The second-order valence-electron chi connectivity index (χ2n) is 6.72. The van der Waals surface area contributed by atoms with E-state index in [1.807, 2.05) is 56.4 Å². The van der Waals surface area contributed by atoms with E-state index in [0.29, 0.717) is 16.9 Å². The van der Waals surface area contributed by atoms with Gasteiger partial charge in [0.05, 0.1) is 11.7 Å². The van der Waals surface area contributed by atoms with E-state index in [1.54, 1.807) is 0 Å². The van der Waals surface area contributed by atoms with Crippen molar-refractivity contribution >= 4 is 22.7 Å². The third-order valence-corrected chi connectivity index (χ3v) is 5.23. The second-order valence-corrected chi connectivity index (χ2v) is 7.69. The number of fused-ring (bicyclic) bond motifs is 1. The molecule has 1 atom stereocenters. The lowest BCUT2D eigenvalue weighted by Crippen LogP contribution is -2.20. The molecule has 7 heteroatoms. The van der Waals surface area contributed by atoms with E-state index in [4.69, 9.17) is 9.15 Å². The van der Waals surface area contributed by atoms with Crippen LogP contribution in [0.2, 0.25) is 0 Å². The molecule has 4 rings (SSSR count). The van der Waals surface area contributed by atoms with E-state index >= 15 is 0 Å². The number of ether oxygens (including phenoxy) is 1. The van der Waals surface area contributed by atoms with Crippen LogP contribution in [0.4, 0.5) is 0 Å². The van der Waals surface area contributed by atoms with Gasteiger partial charge in [0.2, 0.25) is 0 Å². The number of H-pyrrole nitrogens is 1. The molecule has 0 aliphatic carbocycles. The van der Waals surface area contributed by atoms with E-state index in [9.17, 15) is 5.11 Å². The van der Waals surface area contributed by atoms with E-state index in [2.05, 4.69) is 21.2 Å². The number of aliphatic hydroxyl groups is 1. The Morgan fingerprint density at radius 1 is 1.14 bits per heavy atom. The van der Waals surface area contributed by atoms with Crippen LogP contribution in [0.5, 0.6) is 5.75 Å². The van der Waals surface area contributed by atoms with Gasteiger partial charge in [-0.25, -0.2) is 0 Å². The van der Waals surface area contributed by atoms with Gasteiger partial charge in [0.1, 0.15) is 12.4 Å². The highest BCUT2D eigenvalue weighted by Crippen LogP contribution is 2.29. The quantitative estimate of drug-likeness (QED) is 0.452. The van der Waals surface area contributed by atoms with E-state index in [0.717, 1.165) is 33.3 Å². The number of benzene rings is 2. The number of nitrogens with one attached hydrogen (secondary N) is 1. The molecular formula is C21H21N3O3S. The SMILES string of the molecule is Cc1cc(C)cc(OC[C@@H](O)CSc2nnc(-c3c[nH]c4ccccc34)o2)c1. The van der Waals surface area contributed by atoms with Gasteiger partial charge in [0.15, 0.2) is 0 Å². The van der Waals surface area contributed by atoms with Gasteiger partial charge in [0.25, 0.3) is 11.1 Å². The summed E-state index contributed by atoms with van der Waals surface area (Å²) in [4.78, 5) is 3.20. The minimum Gasteiger partial charge on any atom is -0.491 e. The molecule has 4 aromatic rings. The highest BCUT2D eigenvalue weighted by Gasteiger charge is 2.15. The second kappa shape index (κ2) is 8.08. The van der Waals surface area contributed by atoms with Crippen molar-refractivity contribution in [2.24, 2.45) is 0 Å².